The van der Waals surface area contributed by atoms with Gasteiger partial charge < -0.3 is 0 Å². The quantitative estimate of drug-likeness (QED) is 0.450. The lowest BCUT2D eigenvalue weighted by Gasteiger charge is -2.37. The van der Waals surface area contributed by atoms with Gasteiger partial charge in [-0.25, -0.2) is 0 Å². The summed E-state index contributed by atoms with van der Waals surface area (Å²) in [6.07, 6.45) is 3.97. The molecule has 0 aromatic carbocycles. The molecule has 0 nitrogen and oxygen atoms in total. The van der Waals surface area contributed by atoms with Crippen molar-refractivity contribution in [1.82, 2.24) is 0 Å². The van der Waals surface area contributed by atoms with E-state index in [2.05, 4.69) is 27.4 Å². The third-order valence-electron chi connectivity index (χ3n) is 3.10. The molecule has 1 fully saturated rings. The standard InChI is InChI=1S/C10H18/c1-8-6-5-7-10(3,4)9(8)2/h9H,1,5-7H2,2-4H3. The van der Waals surface area contributed by atoms with Gasteiger partial charge in [0.05, 0.1) is 0 Å². The van der Waals surface area contributed by atoms with E-state index in [1.165, 1.54) is 24.8 Å². The molecule has 1 atom stereocenters. The van der Waals surface area contributed by atoms with Crippen molar-refractivity contribution in [3.63, 3.8) is 0 Å². The fourth-order valence-corrected chi connectivity index (χ4v) is 1.76. The molecule has 0 amide bonds. The van der Waals surface area contributed by atoms with Crippen LogP contribution in [0.1, 0.15) is 40.0 Å². The van der Waals surface area contributed by atoms with Gasteiger partial charge in [0, 0.05) is 0 Å². The van der Waals surface area contributed by atoms with E-state index in [0.717, 1.165) is 5.92 Å². The van der Waals surface area contributed by atoms with Gasteiger partial charge in [0.15, 0.2) is 0 Å². The summed E-state index contributed by atoms with van der Waals surface area (Å²) < 4.78 is 0. The highest BCUT2D eigenvalue weighted by atomic mass is 14.4. The second-order valence-electron chi connectivity index (χ2n) is 4.22. The zero-order valence-electron chi connectivity index (χ0n) is 7.41. The zero-order chi connectivity index (χ0) is 7.78. The first-order valence-corrected chi connectivity index (χ1v) is 4.22. The molecule has 0 saturated heterocycles. The Bertz CT molecular complexity index is 142. The molecular formula is C10H18. The minimum Gasteiger partial charge on any atom is -0.0996 e. The summed E-state index contributed by atoms with van der Waals surface area (Å²) >= 11 is 0. The minimum absolute atomic E-state index is 0.509. The molecule has 1 aliphatic carbocycles. The van der Waals surface area contributed by atoms with Crippen molar-refractivity contribution in [2.75, 3.05) is 0 Å². The number of allylic oxidation sites excluding steroid dienone is 1. The third-order valence-corrected chi connectivity index (χ3v) is 3.10. The van der Waals surface area contributed by atoms with Crippen molar-refractivity contribution in [3.05, 3.63) is 12.2 Å². The van der Waals surface area contributed by atoms with Crippen LogP contribution in [0.25, 0.3) is 0 Å². The van der Waals surface area contributed by atoms with Gasteiger partial charge >= 0.3 is 0 Å². The van der Waals surface area contributed by atoms with Gasteiger partial charge in [0.2, 0.25) is 0 Å². The highest BCUT2D eigenvalue weighted by molar-refractivity contribution is 5.07. The summed E-state index contributed by atoms with van der Waals surface area (Å²) in [4.78, 5) is 0. The van der Waals surface area contributed by atoms with Crippen LogP contribution >= 0.6 is 0 Å². The minimum atomic E-state index is 0.509. The van der Waals surface area contributed by atoms with Crippen LogP contribution in [-0.2, 0) is 0 Å². The first-order valence-electron chi connectivity index (χ1n) is 4.22. The lowest BCUT2D eigenvalue weighted by atomic mass is 9.68. The molecule has 1 rings (SSSR count). The van der Waals surface area contributed by atoms with Crippen molar-refractivity contribution < 1.29 is 0 Å². The maximum absolute atomic E-state index is 4.09. The number of hydrogen-bond donors (Lipinski definition) is 0. The first-order chi connectivity index (χ1) is 4.54. The van der Waals surface area contributed by atoms with Crippen LogP contribution in [0.2, 0.25) is 0 Å². The molecule has 0 bridgehead atoms. The van der Waals surface area contributed by atoms with Crippen LogP contribution in [-0.4, -0.2) is 0 Å². The van der Waals surface area contributed by atoms with Crippen LogP contribution in [0.5, 0.6) is 0 Å². The Hall–Kier alpha value is -0.260. The van der Waals surface area contributed by atoms with Gasteiger partial charge in [-0.05, 0) is 30.6 Å². The molecule has 0 aliphatic heterocycles. The largest absolute Gasteiger partial charge is 0.0996 e. The van der Waals surface area contributed by atoms with E-state index in [1.54, 1.807) is 0 Å². The topological polar surface area (TPSA) is 0 Å². The van der Waals surface area contributed by atoms with Crippen molar-refractivity contribution >= 4 is 0 Å². The van der Waals surface area contributed by atoms with Gasteiger partial charge in [-0.2, -0.15) is 0 Å². The predicted molar refractivity (Wildman–Crippen MR) is 45.9 cm³/mol. The molecule has 0 radical (unpaired) electrons. The molecule has 0 heterocycles. The van der Waals surface area contributed by atoms with Gasteiger partial charge in [-0.3, -0.25) is 0 Å². The lowest BCUT2D eigenvalue weighted by molar-refractivity contribution is 0.206. The van der Waals surface area contributed by atoms with Crippen LogP contribution < -0.4 is 0 Å². The summed E-state index contributed by atoms with van der Waals surface area (Å²) in [5.41, 5.74) is 1.96. The molecule has 0 spiro atoms. The SMILES string of the molecule is C=C1CCCC(C)(C)C1C. The molecule has 0 aromatic heterocycles. The summed E-state index contributed by atoms with van der Waals surface area (Å²) in [6, 6.07) is 0. The number of hydrogen-bond acceptors (Lipinski definition) is 0. The summed E-state index contributed by atoms with van der Waals surface area (Å²) in [5, 5.41) is 0. The fraction of sp³-hybridized carbons (Fsp3) is 0.800. The first kappa shape index (κ1) is 7.84. The predicted octanol–water partition coefficient (Wildman–Crippen LogP) is 3.39. The average molecular weight is 138 g/mol. The van der Waals surface area contributed by atoms with Crippen LogP contribution in [0, 0.1) is 11.3 Å². The second kappa shape index (κ2) is 2.41. The lowest BCUT2D eigenvalue weighted by Crippen LogP contribution is -2.26. The van der Waals surface area contributed by atoms with Crippen molar-refractivity contribution in [3.8, 4) is 0 Å². The maximum Gasteiger partial charge on any atom is -0.0183 e. The fourth-order valence-electron chi connectivity index (χ4n) is 1.76. The normalized spacial score (nSPS) is 32.3. The highest BCUT2D eigenvalue weighted by Crippen LogP contribution is 2.42. The monoisotopic (exact) mass is 138 g/mol. The van der Waals surface area contributed by atoms with E-state index in [1.807, 2.05) is 0 Å². The molecule has 1 unspecified atom stereocenters. The van der Waals surface area contributed by atoms with Crippen molar-refractivity contribution in [2.45, 2.75) is 40.0 Å². The molecular weight excluding hydrogens is 120 g/mol. The van der Waals surface area contributed by atoms with E-state index in [0.29, 0.717) is 5.41 Å². The van der Waals surface area contributed by atoms with E-state index >= 15 is 0 Å². The van der Waals surface area contributed by atoms with Crippen LogP contribution in [0.3, 0.4) is 0 Å². The summed E-state index contributed by atoms with van der Waals surface area (Å²) in [6.45, 7) is 11.1. The smallest absolute Gasteiger partial charge is 0.0183 e. The molecule has 0 N–H and O–H groups in total. The molecule has 1 aliphatic rings. The number of rotatable bonds is 0. The Morgan fingerprint density at radius 2 is 2.10 bits per heavy atom. The Labute approximate surface area is 64.3 Å². The average Bonchev–Trinajstić information content (AvgIpc) is 1.83. The van der Waals surface area contributed by atoms with Crippen molar-refractivity contribution in [1.29, 1.82) is 0 Å². The second-order valence-corrected chi connectivity index (χ2v) is 4.22. The Morgan fingerprint density at radius 1 is 1.50 bits per heavy atom. The zero-order valence-corrected chi connectivity index (χ0v) is 7.41. The van der Waals surface area contributed by atoms with Gasteiger partial charge in [0.25, 0.3) is 0 Å². The molecule has 0 heteroatoms. The maximum atomic E-state index is 4.09. The Balaban J connectivity index is 2.69. The van der Waals surface area contributed by atoms with E-state index < -0.39 is 0 Å². The van der Waals surface area contributed by atoms with Crippen LogP contribution in [0.15, 0.2) is 12.2 Å². The Morgan fingerprint density at radius 3 is 2.50 bits per heavy atom. The van der Waals surface area contributed by atoms with Crippen molar-refractivity contribution in [2.24, 2.45) is 11.3 Å². The van der Waals surface area contributed by atoms with Crippen LogP contribution in [0.4, 0.5) is 0 Å². The summed E-state index contributed by atoms with van der Waals surface area (Å²) in [7, 11) is 0. The van der Waals surface area contributed by atoms with E-state index in [-0.39, 0.29) is 0 Å². The molecule has 1 saturated carbocycles. The van der Waals surface area contributed by atoms with Gasteiger partial charge in [0.1, 0.15) is 0 Å². The summed E-state index contributed by atoms with van der Waals surface area (Å²) in [5.74, 6) is 0.723. The van der Waals surface area contributed by atoms with Gasteiger partial charge in [-0.1, -0.05) is 32.9 Å². The molecule has 10 heavy (non-hydrogen) atoms. The third kappa shape index (κ3) is 1.25. The van der Waals surface area contributed by atoms with E-state index in [9.17, 15) is 0 Å². The molecule has 58 valence electrons. The van der Waals surface area contributed by atoms with E-state index in [4.69, 9.17) is 0 Å². The highest BCUT2D eigenvalue weighted by Gasteiger charge is 2.30. The van der Waals surface area contributed by atoms with Gasteiger partial charge in [-0.15, -0.1) is 0 Å². The molecule has 0 aromatic rings. The Kier molecular flexibility index (Phi) is 1.89.